The van der Waals surface area contributed by atoms with Crippen LogP contribution in [0.15, 0.2) is 17.1 Å². The maximum Gasteiger partial charge on any atom is 0.340 e. The molecule has 0 aromatic carbocycles. The molecule has 2 aliphatic heterocycles. The molecule has 140 valence electrons. The summed E-state index contributed by atoms with van der Waals surface area (Å²) in [5.41, 5.74) is 1.03. The number of nitrogens with zero attached hydrogens (tertiary/aromatic N) is 4. The van der Waals surface area contributed by atoms with Gasteiger partial charge in [0.1, 0.15) is 5.82 Å². The van der Waals surface area contributed by atoms with Crippen molar-refractivity contribution < 1.29 is 4.74 Å². The average molecular weight is 358 g/mol. The maximum absolute atomic E-state index is 11.6. The number of aromatic amines is 2. The lowest BCUT2D eigenvalue weighted by Crippen LogP contribution is -2.29. The number of hydrogen-bond donors (Lipinski definition) is 2. The van der Waals surface area contributed by atoms with E-state index in [1.54, 1.807) is 0 Å². The van der Waals surface area contributed by atoms with Crippen LogP contribution in [-0.4, -0.2) is 49.6 Å². The van der Waals surface area contributed by atoms with E-state index in [2.05, 4.69) is 35.9 Å². The smallest absolute Gasteiger partial charge is 0.340 e. The van der Waals surface area contributed by atoms with E-state index in [0.29, 0.717) is 12.0 Å². The first-order valence-electron chi connectivity index (χ1n) is 9.78. The summed E-state index contributed by atoms with van der Waals surface area (Å²) in [5, 5.41) is 11.4. The topological polar surface area (TPSA) is 91.8 Å². The Hall–Kier alpha value is -1.93. The summed E-state index contributed by atoms with van der Waals surface area (Å²) >= 11 is 0. The van der Waals surface area contributed by atoms with E-state index in [-0.39, 0.29) is 11.7 Å². The lowest BCUT2D eigenvalue weighted by atomic mass is 9.94. The molecule has 26 heavy (non-hydrogen) atoms. The number of likely N-dealkylation sites (tertiary alicyclic amines) is 1. The van der Waals surface area contributed by atoms with Gasteiger partial charge in [-0.2, -0.15) is 10.2 Å². The third kappa shape index (κ3) is 3.01. The molecule has 2 N–H and O–H groups in total. The van der Waals surface area contributed by atoms with Crippen molar-refractivity contribution >= 4 is 0 Å². The van der Waals surface area contributed by atoms with Gasteiger partial charge in [-0.1, -0.05) is 0 Å². The van der Waals surface area contributed by atoms with Crippen molar-refractivity contribution in [3.05, 3.63) is 34.3 Å². The lowest BCUT2D eigenvalue weighted by molar-refractivity contribution is 0.0643. The van der Waals surface area contributed by atoms with Crippen molar-refractivity contribution in [1.82, 2.24) is 29.9 Å². The minimum absolute atomic E-state index is 0.194. The predicted octanol–water partition coefficient (Wildman–Crippen LogP) is 1.62. The SMILES string of the molecule is O=c1[nH]nc(C2C(C3CC3)CCN2Cc2ccnn2C2CCOCC2)[nH]1. The molecular weight excluding hydrogens is 332 g/mol. The summed E-state index contributed by atoms with van der Waals surface area (Å²) in [7, 11) is 0. The van der Waals surface area contributed by atoms with Gasteiger partial charge in [-0.3, -0.25) is 14.6 Å². The molecule has 1 saturated carbocycles. The molecule has 2 unspecified atom stereocenters. The van der Waals surface area contributed by atoms with Crippen LogP contribution in [0.25, 0.3) is 0 Å². The van der Waals surface area contributed by atoms with Crippen molar-refractivity contribution in [2.45, 2.75) is 50.7 Å². The first kappa shape index (κ1) is 16.3. The normalized spacial score (nSPS) is 28.0. The number of rotatable bonds is 5. The van der Waals surface area contributed by atoms with E-state index >= 15 is 0 Å². The second kappa shape index (κ2) is 6.66. The second-order valence-corrected chi connectivity index (χ2v) is 7.88. The predicted molar refractivity (Wildman–Crippen MR) is 94.5 cm³/mol. The summed E-state index contributed by atoms with van der Waals surface area (Å²) < 4.78 is 7.69. The Kier molecular flexibility index (Phi) is 4.17. The van der Waals surface area contributed by atoms with E-state index in [1.165, 1.54) is 25.0 Å². The van der Waals surface area contributed by atoms with Crippen molar-refractivity contribution in [2.75, 3.05) is 19.8 Å². The Morgan fingerprint density at radius 3 is 2.77 bits per heavy atom. The van der Waals surface area contributed by atoms with E-state index < -0.39 is 0 Å². The van der Waals surface area contributed by atoms with Crippen LogP contribution >= 0.6 is 0 Å². The Balaban J connectivity index is 1.39. The van der Waals surface area contributed by atoms with Crippen LogP contribution in [0.2, 0.25) is 0 Å². The zero-order chi connectivity index (χ0) is 17.5. The molecule has 8 heteroatoms. The number of nitrogens with one attached hydrogen (secondary N) is 2. The number of H-pyrrole nitrogens is 2. The molecule has 0 radical (unpaired) electrons. The van der Waals surface area contributed by atoms with Gasteiger partial charge in [-0.25, -0.2) is 9.89 Å². The highest BCUT2D eigenvalue weighted by molar-refractivity contribution is 5.09. The molecule has 3 fully saturated rings. The summed E-state index contributed by atoms with van der Waals surface area (Å²) in [6.45, 7) is 3.52. The summed E-state index contributed by atoms with van der Waals surface area (Å²) in [5.74, 6) is 2.17. The molecular formula is C18H26N6O2. The van der Waals surface area contributed by atoms with Gasteiger partial charge in [0.05, 0.1) is 17.8 Å². The maximum atomic E-state index is 11.6. The van der Waals surface area contributed by atoms with Crippen molar-refractivity contribution in [1.29, 1.82) is 0 Å². The first-order chi connectivity index (χ1) is 12.8. The first-order valence-corrected chi connectivity index (χ1v) is 9.78. The third-order valence-corrected chi connectivity index (χ3v) is 6.23. The van der Waals surface area contributed by atoms with Crippen LogP contribution < -0.4 is 5.69 Å². The number of ether oxygens (including phenoxy) is 1. The van der Waals surface area contributed by atoms with Crippen molar-refractivity contribution in [2.24, 2.45) is 11.8 Å². The van der Waals surface area contributed by atoms with Crippen LogP contribution in [0.5, 0.6) is 0 Å². The molecule has 2 atom stereocenters. The van der Waals surface area contributed by atoms with Gasteiger partial charge in [0.15, 0.2) is 0 Å². The molecule has 0 bridgehead atoms. The highest BCUT2D eigenvalue weighted by Crippen LogP contribution is 2.49. The Morgan fingerprint density at radius 1 is 1.19 bits per heavy atom. The second-order valence-electron chi connectivity index (χ2n) is 7.88. The molecule has 0 spiro atoms. The van der Waals surface area contributed by atoms with Crippen LogP contribution in [0.1, 0.15) is 55.7 Å². The van der Waals surface area contributed by atoms with E-state index in [1.807, 2.05) is 6.20 Å². The molecule has 2 saturated heterocycles. The van der Waals surface area contributed by atoms with Gasteiger partial charge in [-0.05, 0) is 56.6 Å². The van der Waals surface area contributed by atoms with Gasteiger partial charge < -0.3 is 4.74 Å². The van der Waals surface area contributed by atoms with Gasteiger partial charge in [0, 0.05) is 26.0 Å². The highest BCUT2D eigenvalue weighted by Gasteiger charge is 2.45. The fourth-order valence-corrected chi connectivity index (χ4v) is 4.81. The van der Waals surface area contributed by atoms with Gasteiger partial charge in [0.2, 0.25) is 0 Å². The Bertz CT molecular complexity index is 800. The summed E-state index contributed by atoms with van der Waals surface area (Å²) in [6.07, 6.45) is 7.75. The van der Waals surface area contributed by atoms with Gasteiger partial charge in [0.25, 0.3) is 0 Å². The molecule has 1 aliphatic carbocycles. The van der Waals surface area contributed by atoms with Gasteiger partial charge in [-0.15, -0.1) is 0 Å². The molecule has 3 aliphatic rings. The molecule has 2 aromatic rings. The molecule has 8 nitrogen and oxygen atoms in total. The van der Waals surface area contributed by atoms with Crippen LogP contribution in [0.4, 0.5) is 0 Å². The Morgan fingerprint density at radius 2 is 2.04 bits per heavy atom. The van der Waals surface area contributed by atoms with Crippen molar-refractivity contribution in [3.63, 3.8) is 0 Å². The molecule has 0 amide bonds. The Labute approximate surface area is 151 Å². The van der Waals surface area contributed by atoms with Crippen molar-refractivity contribution in [3.8, 4) is 0 Å². The number of aromatic nitrogens is 5. The number of hydrogen-bond acceptors (Lipinski definition) is 5. The molecule has 2 aromatic heterocycles. The molecule has 4 heterocycles. The summed E-state index contributed by atoms with van der Waals surface area (Å²) in [4.78, 5) is 17.0. The molecule has 5 rings (SSSR count). The minimum atomic E-state index is -0.214. The largest absolute Gasteiger partial charge is 0.381 e. The average Bonchev–Trinajstić information content (AvgIpc) is 3.05. The monoisotopic (exact) mass is 358 g/mol. The quantitative estimate of drug-likeness (QED) is 0.847. The summed E-state index contributed by atoms with van der Waals surface area (Å²) in [6, 6.07) is 2.75. The highest BCUT2D eigenvalue weighted by atomic mass is 16.5. The standard InChI is InChI=1S/C18H26N6O2/c25-18-20-17(21-22-18)16-15(12-1-2-12)4-8-23(16)11-14-3-7-19-24(14)13-5-9-26-10-6-13/h3,7,12-13,15-16H,1-2,4-6,8-11H2,(H2,20,21,22,25). The van der Waals surface area contributed by atoms with Gasteiger partial charge >= 0.3 is 5.69 Å². The third-order valence-electron chi connectivity index (χ3n) is 6.23. The van der Waals surface area contributed by atoms with E-state index in [4.69, 9.17) is 4.74 Å². The minimum Gasteiger partial charge on any atom is -0.381 e. The fraction of sp³-hybridized carbons (Fsp3) is 0.722. The zero-order valence-corrected chi connectivity index (χ0v) is 14.9. The van der Waals surface area contributed by atoms with E-state index in [9.17, 15) is 4.79 Å². The van der Waals surface area contributed by atoms with Crippen LogP contribution in [-0.2, 0) is 11.3 Å². The lowest BCUT2D eigenvalue weighted by Gasteiger charge is -2.28. The zero-order valence-electron chi connectivity index (χ0n) is 14.9. The van der Waals surface area contributed by atoms with Crippen LogP contribution in [0.3, 0.4) is 0 Å². The fourth-order valence-electron chi connectivity index (χ4n) is 4.81. The van der Waals surface area contributed by atoms with Crippen LogP contribution in [0, 0.1) is 11.8 Å². The van der Waals surface area contributed by atoms with E-state index in [0.717, 1.165) is 50.9 Å².